The summed E-state index contributed by atoms with van der Waals surface area (Å²) >= 11 is 0. The first-order valence-corrected chi connectivity index (χ1v) is 7.74. The molecule has 6 nitrogen and oxygen atoms in total. The highest BCUT2D eigenvalue weighted by atomic mass is 16.5. The van der Waals surface area contributed by atoms with E-state index in [1.54, 1.807) is 10.7 Å². The van der Waals surface area contributed by atoms with Crippen LogP contribution in [0.5, 0.6) is 5.88 Å². The van der Waals surface area contributed by atoms with Gasteiger partial charge in [0.05, 0.1) is 18.3 Å². The van der Waals surface area contributed by atoms with Gasteiger partial charge in [0, 0.05) is 17.5 Å². The molecule has 2 heterocycles. The van der Waals surface area contributed by atoms with E-state index < -0.39 is 5.97 Å². The second-order valence-corrected chi connectivity index (χ2v) is 5.68. The van der Waals surface area contributed by atoms with Gasteiger partial charge in [0.25, 0.3) is 0 Å². The maximum Gasteiger partial charge on any atom is 0.356 e. The van der Waals surface area contributed by atoms with Crippen LogP contribution in [-0.4, -0.2) is 27.8 Å². The maximum absolute atomic E-state index is 11.8. The summed E-state index contributed by atoms with van der Waals surface area (Å²) in [4.78, 5) is 16.4. The molecule has 0 saturated carbocycles. The fourth-order valence-corrected chi connectivity index (χ4v) is 2.43. The Labute approximate surface area is 140 Å². The lowest BCUT2D eigenvalue weighted by Crippen LogP contribution is -2.13. The molecule has 0 unspecified atom stereocenters. The molecule has 3 rings (SSSR count). The van der Waals surface area contributed by atoms with Crippen LogP contribution in [0, 0.1) is 0 Å². The summed E-state index contributed by atoms with van der Waals surface area (Å²) in [5.74, 6) is -0.0612. The normalized spacial score (nSPS) is 11.0. The fourth-order valence-electron chi connectivity index (χ4n) is 2.43. The summed E-state index contributed by atoms with van der Waals surface area (Å²) in [5, 5.41) is 5.40. The molecule has 3 aromatic rings. The van der Waals surface area contributed by atoms with Gasteiger partial charge in [0.1, 0.15) is 6.61 Å². The van der Waals surface area contributed by atoms with E-state index in [9.17, 15) is 4.79 Å². The first-order chi connectivity index (χ1) is 11.6. The molecule has 0 amide bonds. The number of hydrogen-bond acceptors (Lipinski definition) is 5. The first kappa shape index (κ1) is 16.0. The van der Waals surface area contributed by atoms with Crippen molar-refractivity contribution in [2.24, 2.45) is 0 Å². The summed E-state index contributed by atoms with van der Waals surface area (Å²) in [6.45, 7) is 4.16. The smallest absolute Gasteiger partial charge is 0.356 e. The van der Waals surface area contributed by atoms with Crippen molar-refractivity contribution in [3.05, 3.63) is 53.9 Å². The molecule has 0 atom stereocenters. The van der Waals surface area contributed by atoms with Gasteiger partial charge in [-0.05, 0) is 26.0 Å². The summed E-state index contributed by atoms with van der Waals surface area (Å²) in [6.07, 6.45) is 0. The molecule has 0 spiro atoms. The number of benzene rings is 1. The number of carbonyl (C=O) groups excluding carboxylic acids is 1. The number of ether oxygens (including phenoxy) is 2. The van der Waals surface area contributed by atoms with Crippen LogP contribution in [0.1, 0.15) is 36.1 Å². The van der Waals surface area contributed by atoms with Crippen molar-refractivity contribution in [2.75, 3.05) is 7.11 Å². The van der Waals surface area contributed by atoms with Crippen LogP contribution in [-0.2, 0) is 11.3 Å². The highest BCUT2D eigenvalue weighted by Gasteiger charge is 2.18. The van der Waals surface area contributed by atoms with E-state index in [0.29, 0.717) is 11.6 Å². The number of methoxy groups -OCH3 is 1. The molecule has 0 bridgehead atoms. The van der Waals surface area contributed by atoms with Gasteiger partial charge in [0.2, 0.25) is 5.88 Å². The lowest BCUT2D eigenvalue weighted by molar-refractivity contribution is 0.0584. The molecule has 0 N–H and O–H groups in total. The van der Waals surface area contributed by atoms with Crippen LogP contribution < -0.4 is 4.74 Å². The van der Waals surface area contributed by atoms with Gasteiger partial charge in [-0.2, -0.15) is 0 Å². The Bertz CT molecular complexity index is 871. The Morgan fingerprint density at radius 3 is 2.75 bits per heavy atom. The Morgan fingerprint density at radius 2 is 2.00 bits per heavy atom. The number of fused-ring (bicyclic) bond motifs is 1. The second kappa shape index (κ2) is 6.70. The van der Waals surface area contributed by atoms with Crippen LogP contribution in [0.4, 0.5) is 0 Å². The molecule has 0 radical (unpaired) electrons. The Hall–Kier alpha value is -2.89. The van der Waals surface area contributed by atoms with Crippen molar-refractivity contribution < 1.29 is 14.3 Å². The van der Waals surface area contributed by atoms with E-state index in [0.717, 1.165) is 16.6 Å². The van der Waals surface area contributed by atoms with E-state index in [-0.39, 0.29) is 12.6 Å². The third-order valence-electron chi connectivity index (χ3n) is 3.62. The number of aromatic nitrogens is 3. The summed E-state index contributed by atoms with van der Waals surface area (Å²) < 4.78 is 12.1. The van der Waals surface area contributed by atoms with Crippen molar-refractivity contribution in [1.29, 1.82) is 0 Å². The van der Waals surface area contributed by atoms with Crippen LogP contribution in [0.15, 0.2) is 42.5 Å². The molecule has 0 saturated heterocycles. The molecular weight excluding hydrogens is 306 g/mol. The number of nitrogens with zero attached hydrogens (tertiary/aromatic N) is 3. The zero-order chi connectivity index (χ0) is 17.1. The Balaban J connectivity index is 1.79. The Kier molecular flexibility index (Phi) is 4.46. The van der Waals surface area contributed by atoms with E-state index >= 15 is 0 Å². The SMILES string of the molecule is COC(=O)c1cc(OCc2ccc3ccccc3n2)nn1C(C)C. The molecule has 2 aromatic heterocycles. The van der Waals surface area contributed by atoms with Gasteiger partial charge < -0.3 is 9.47 Å². The van der Waals surface area contributed by atoms with Gasteiger partial charge in [-0.25, -0.2) is 9.78 Å². The van der Waals surface area contributed by atoms with Crippen molar-refractivity contribution in [1.82, 2.24) is 14.8 Å². The average molecular weight is 325 g/mol. The van der Waals surface area contributed by atoms with Gasteiger partial charge in [-0.15, -0.1) is 5.10 Å². The quantitative estimate of drug-likeness (QED) is 0.673. The summed E-state index contributed by atoms with van der Waals surface area (Å²) in [6, 6.07) is 13.4. The molecule has 0 fully saturated rings. The van der Waals surface area contributed by atoms with Crippen molar-refractivity contribution in [2.45, 2.75) is 26.5 Å². The van der Waals surface area contributed by atoms with Crippen LogP contribution in [0.2, 0.25) is 0 Å². The third-order valence-corrected chi connectivity index (χ3v) is 3.62. The van der Waals surface area contributed by atoms with E-state index in [1.807, 2.05) is 50.2 Å². The number of esters is 1. The zero-order valence-corrected chi connectivity index (χ0v) is 13.9. The molecule has 0 aliphatic heterocycles. The first-order valence-electron chi connectivity index (χ1n) is 7.74. The average Bonchev–Trinajstić information content (AvgIpc) is 3.03. The lowest BCUT2D eigenvalue weighted by atomic mass is 10.2. The van der Waals surface area contributed by atoms with E-state index in [4.69, 9.17) is 9.47 Å². The number of carbonyl (C=O) groups is 1. The van der Waals surface area contributed by atoms with Gasteiger partial charge >= 0.3 is 5.97 Å². The summed E-state index contributed by atoms with van der Waals surface area (Å²) in [7, 11) is 1.35. The van der Waals surface area contributed by atoms with Crippen molar-refractivity contribution in [3.8, 4) is 5.88 Å². The molecule has 124 valence electrons. The van der Waals surface area contributed by atoms with Crippen molar-refractivity contribution >= 4 is 16.9 Å². The third kappa shape index (κ3) is 3.22. The summed E-state index contributed by atoms with van der Waals surface area (Å²) in [5.41, 5.74) is 2.09. The van der Waals surface area contributed by atoms with E-state index in [2.05, 4.69) is 10.1 Å². The second-order valence-electron chi connectivity index (χ2n) is 5.68. The van der Waals surface area contributed by atoms with Gasteiger partial charge in [0.15, 0.2) is 5.69 Å². The van der Waals surface area contributed by atoms with Gasteiger partial charge in [-0.3, -0.25) is 4.68 Å². The number of para-hydroxylation sites is 1. The predicted molar refractivity (Wildman–Crippen MR) is 90.0 cm³/mol. The zero-order valence-electron chi connectivity index (χ0n) is 13.9. The van der Waals surface area contributed by atoms with Gasteiger partial charge in [-0.1, -0.05) is 24.3 Å². The highest BCUT2D eigenvalue weighted by molar-refractivity contribution is 5.87. The van der Waals surface area contributed by atoms with Crippen LogP contribution in [0.3, 0.4) is 0 Å². The largest absolute Gasteiger partial charge is 0.470 e. The number of hydrogen-bond donors (Lipinski definition) is 0. The van der Waals surface area contributed by atoms with E-state index in [1.165, 1.54) is 7.11 Å². The number of rotatable bonds is 5. The lowest BCUT2D eigenvalue weighted by Gasteiger charge is -2.08. The molecule has 6 heteroatoms. The monoisotopic (exact) mass is 325 g/mol. The highest BCUT2D eigenvalue weighted by Crippen LogP contribution is 2.19. The topological polar surface area (TPSA) is 66.2 Å². The van der Waals surface area contributed by atoms with Crippen molar-refractivity contribution in [3.63, 3.8) is 0 Å². The van der Waals surface area contributed by atoms with Crippen LogP contribution >= 0.6 is 0 Å². The molecule has 1 aromatic carbocycles. The molecule has 24 heavy (non-hydrogen) atoms. The Morgan fingerprint density at radius 1 is 1.21 bits per heavy atom. The molecular formula is C18H19N3O3. The van der Waals surface area contributed by atoms with Crippen LogP contribution in [0.25, 0.3) is 10.9 Å². The predicted octanol–water partition coefficient (Wildman–Crippen LogP) is 3.38. The number of pyridine rings is 1. The standard InChI is InChI=1S/C18H19N3O3/c1-12(2)21-16(18(22)23-3)10-17(20-21)24-11-14-9-8-13-6-4-5-7-15(13)19-14/h4-10,12H,11H2,1-3H3. The molecule has 0 aliphatic carbocycles. The molecule has 0 aliphatic rings. The minimum Gasteiger partial charge on any atom is -0.470 e. The minimum atomic E-state index is -0.435. The minimum absolute atomic E-state index is 0.0234. The maximum atomic E-state index is 11.8. The fraction of sp³-hybridized carbons (Fsp3) is 0.278.